The van der Waals surface area contributed by atoms with Crippen molar-refractivity contribution in [3.05, 3.63) is 40.7 Å². The average molecular weight is 356 g/mol. The summed E-state index contributed by atoms with van der Waals surface area (Å²) in [5.41, 5.74) is 4.76. The van der Waals surface area contributed by atoms with E-state index < -0.39 is 0 Å². The summed E-state index contributed by atoms with van der Waals surface area (Å²) in [6.45, 7) is 3.49. The van der Waals surface area contributed by atoms with Crippen LogP contribution < -0.4 is 9.47 Å². The topological polar surface area (TPSA) is 70.7 Å². The van der Waals surface area contributed by atoms with Gasteiger partial charge in [-0.3, -0.25) is 14.8 Å². The molecule has 0 aliphatic carbocycles. The van der Waals surface area contributed by atoms with Crippen molar-refractivity contribution in [2.24, 2.45) is 0 Å². The van der Waals surface area contributed by atoms with Crippen molar-refractivity contribution in [3.63, 3.8) is 0 Å². The number of nitrogens with zero attached hydrogens (tertiary/aromatic N) is 3. The Bertz CT molecular complexity index is 817. The smallest absolute Gasteiger partial charge is 0.237 e. The Morgan fingerprint density at radius 1 is 1.08 bits per heavy atom. The number of aromatic nitrogens is 2. The third kappa shape index (κ3) is 3.14. The molecule has 0 radical (unpaired) electrons. The van der Waals surface area contributed by atoms with Gasteiger partial charge < -0.3 is 14.4 Å². The fourth-order valence-corrected chi connectivity index (χ4v) is 3.80. The van der Waals surface area contributed by atoms with Gasteiger partial charge in [-0.1, -0.05) is 0 Å². The summed E-state index contributed by atoms with van der Waals surface area (Å²) in [7, 11) is 3.28. The minimum absolute atomic E-state index is 0.178. The Morgan fingerprint density at radius 3 is 2.62 bits per heavy atom. The lowest BCUT2D eigenvalue weighted by atomic mass is 9.98. The van der Waals surface area contributed by atoms with Crippen molar-refractivity contribution in [2.75, 3.05) is 33.9 Å². The van der Waals surface area contributed by atoms with Crippen molar-refractivity contribution in [2.45, 2.75) is 25.9 Å². The highest BCUT2D eigenvalue weighted by atomic mass is 16.5. The molecule has 7 nitrogen and oxygen atoms in total. The number of hydrogen-bond donors (Lipinski definition) is 1. The molecule has 7 heteroatoms. The van der Waals surface area contributed by atoms with Crippen LogP contribution in [0.3, 0.4) is 0 Å². The second kappa shape index (κ2) is 6.99. The van der Waals surface area contributed by atoms with E-state index in [1.807, 2.05) is 23.2 Å². The van der Waals surface area contributed by atoms with Gasteiger partial charge in [0, 0.05) is 43.9 Å². The summed E-state index contributed by atoms with van der Waals surface area (Å²) in [6, 6.07) is 4.02. The number of ether oxygens (including phenoxy) is 2. The number of benzene rings is 1. The largest absolute Gasteiger partial charge is 0.493 e. The van der Waals surface area contributed by atoms with E-state index in [1.165, 1.54) is 16.8 Å². The quantitative estimate of drug-likeness (QED) is 0.896. The van der Waals surface area contributed by atoms with E-state index in [0.717, 1.165) is 43.8 Å². The Labute approximate surface area is 152 Å². The number of hydrogen-bond acceptors (Lipinski definition) is 5. The molecule has 3 heterocycles. The third-order valence-corrected chi connectivity index (χ3v) is 5.31. The standard InChI is InChI=1S/C19H24N4O3/c1-25-17-7-13-3-6-23(11-14(13)8-18(17)26-2)19(24)12-22-5-4-16-15(10-22)9-20-21-16/h7-9H,3-6,10-12H2,1-2H3,(H,20,21). The van der Waals surface area contributed by atoms with Crippen molar-refractivity contribution in [3.8, 4) is 11.5 Å². The van der Waals surface area contributed by atoms with Crippen LogP contribution >= 0.6 is 0 Å². The van der Waals surface area contributed by atoms with E-state index in [2.05, 4.69) is 15.1 Å². The van der Waals surface area contributed by atoms with Gasteiger partial charge in [0.25, 0.3) is 0 Å². The zero-order valence-corrected chi connectivity index (χ0v) is 15.2. The highest BCUT2D eigenvalue weighted by Gasteiger charge is 2.26. The van der Waals surface area contributed by atoms with Crippen LogP contribution in [0.2, 0.25) is 0 Å². The first-order valence-corrected chi connectivity index (χ1v) is 8.93. The van der Waals surface area contributed by atoms with Crippen LogP contribution in [0.1, 0.15) is 22.4 Å². The molecule has 138 valence electrons. The van der Waals surface area contributed by atoms with Crippen molar-refractivity contribution < 1.29 is 14.3 Å². The van der Waals surface area contributed by atoms with Crippen LogP contribution in [0.15, 0.2) is 18.3 Å². The van der Waals surface area contributed by atoms with Gasteiger partial charge in [-0.05, 0) is 29.7 Å². The number of fused-ring (bicyclic) bond motifs is 2. The molecule has 2 aliphatic rings. The van der Waals surface area contributed by atoms with Gasteiger partial charge in [-0.2, -0.15) is 5.10 Å². The van der Waals surface area contributed by atoms with Crippen LogP contribution in [0.4, 0.5) is 0 Å². The van der Waals surface area contributed by atoms with Crippen molar-refractivity contribution in [1.29, 1.82) is 0 Å². The molecule has 0 saturated carbocycles. The Morgan fingerprint density at radius 2 is 1.85 bits per heavy atom. The molecule has 4 rings (SSSR count). The van der Waals surface area contributed by atoms with E-state index in [9.17, 15) is 4.79 Å². The minimum atomic E-state index is 0.178. The van der Waals surface area contributed by atoms with E-state index in [-0.39, 0.29) is 5.91 Å². The fourth-order valence-electron chi connectivity index (χ4n) is 3.80. The van der Waals surface area contributed by atoms with Crippen LogP contribution in [0.25, 0.3) is 0 Å². The summed E-state index contributed by atoms with van der Waals surface area (Å²) >= 11 is 0. The van der Waals surface area contributed by atoms with Crippen LogP contribution in [-0.4, -0.2) is 59.8 Å². The van der Waals surface area contributed by atoms with E-state index in [4.69, 9.17) is 9.47 Å². The third-order valence-electron chi connectivity index (χ3n) is 5.31. The molecule has 2 aromatic rings. The summed E-state index contributed by atoms with van der Waals surface area (Å²) in [5, 5.41) is 7.13. The first-order chi connectivity index (χ1) is 12.7. The van der Waals surface area contributed by atoms with Gasteiger partial charge in [-0.25, -0.2) is 0 Å². The lowest BCUT2D eigenvalue weighted by Gasteiger charge is -2.32. The van der Waals surface area contributed by atoms with Gasteiger partial charge in [0.15, 0.2) is 11.5 Å². The van der Waals surface area contributed by atoms with E-state index in [1.54, 1.807) is 14.2 Å². The van der Waals surface area contributed by atoms with Gasteiger partial charge in [0.2, 0.25) is 5.91 Å². The Hall–Kier alpha value is -2.54. The van der Waals surface area contributed by atoms with E-state index in [0.29, 0.717) is 18.8 Å². The normalized spacial score (nSPS) is 16.8. The Kier molecular flexibility index (Phi) is 4.55. The number of rotatable bonds is 4. The summed E-state index contributed by atoms with van der Waals surface area (Å²) in [5.74, 6) is 1.64. The lowest BCUT2D eigenvalue weighted by molar-refractivity contribution is -0.133. The number of nitrogens with one attached hydrogen (secondary N) is 1. The van der Waals surface area contributed by atoms with Gasteiger partial charge in [0.05, 0.1) is 27.0 Å². The fraction of sp³-hybridized carbons (Fsp3) is 0.474. The first-order valence-electron chi connectivity index (χ1n) is 8.93. The number of carbonyl (C=O) groups is 1. The van der Waals surface area contributed by atoms with Crippen LogP contribution in [0.5, 0.6) is 11.5 Å². The second-order valence-corrected chi connectivity index (χ2v) is 6.88. The summed E-state index contributed by atoms with van der Waals surface area (Å²) in [6.07, 6.45) is 3.62. The van der Waals surface area contributed by atoms with Gasteiger partial charge >= 0.3 is 0 Å². The molecule has 1 aromatic heterocycles. The molecule has 0 atom stereocenters. The minimum Gasteiger partial charge on any atom is -0.493 e. The highest BCUT2D eigenvalue weighted by Crippen LogP contribution is 2.33. The monoisotopic (exact) mass is 356 g/mol. The number of H-pyrrole nitrogens is 1. The van der Waals surface area contributed by atoms with Crippen LogP contribution in [-0.2, 0) is 30.7 Å². The number of aromatic amines is 1. The second-order valence-electron chi connectivity index (χ2n) is 6.88. The SMILES string of the molecule is COc1cc2c(cc1OC)CN(C(=O)CN1CCc3[nH]ncc3C1)CC2. The first kappa shape index (κ1) is 16.9. The number of methoxy groups -OCH3 is 2. The predicted octanol–water partition coefficient (Wildman–Crippen LogP) is 1.37. The highest BCUT2D eigenvalue weighted by molar-refractivity contribution is 5.78. The molecule has 0 bridgehead atoms. The zero-order chi connectivity index (χ0) is 18.1. The molecule has 1 aromatic carbocycles. The number of amides is 1. The zero-order valence-electron chi connectivity index (χ0n) is 15.2. The maximum atomic E-state index is 12.8. The molecule has 2 aliphatic heterocycles. The van der Waals surface area contributed by atoms with Crippen molar-refractivity contribution in [1.82, 2.24) is 20.0 Å². The van der Waals surface area contributed by atoms with Gasteiger partial charge in [0.1, 0.15) is 0 Å². The molecule has 0 spiro atoms. The molecule has 26 heavy (non-hydrogen) atoms. The van der Waals surface area contributed by atoms with Crippen LogP contribution in [0, 0.1) is 0 Å². The molecule has 1 N–H and O–H groups in total. The van der Waals surface area contributed by atoms with Crippen molar-refractivity contribution >= 4 is 5.91 Å². The van der Waals surface area contributed by atoms with Gasteiger partial charge in [-0.15, -0.1) is 0 Å². The molecule has 1 amide bonds. The summed E-state index contributed by atoms with van der Waals surface area (Å²) in [4.78, 5) is 17.0. The summed E-state index contributed by atoms with van der Waals surface area (Å²) < 4.78 is 10.8. The molecule has 0 unspecified atom stereocenters. The number of carbonyl (C=O) groups excluding carboxylic acids is 1. The average Bonchev–Trinajstić information content (AvgIpc) is 3.14. The predicted molar refractivity (Wildman–Crippen MR) is 96.2 cm³/mol. The molecule has 0 saturated heterocycles. The maximum Gasteiger partial charge on any atom is 0.237 e. The lowest BCUT2D eigenvalue weighted by Crippen LogP contribution is -2.44. The molecule has 0 fully saturated rings. The van der Waals surface area contributed by atoms with E-state index >= 15 is 0 Å². The Balaban J connectivity index is 1.43. The molecular weight excluding hydrogens is 332 g/mol. The maximum absolute atomic E-state index is 12.8. The molecular formula is C19H24N4O3.